The molecule has 4 heteroatoms. The van der Waals surface area contributed by atoms with E-state index in [1.165, 1.54) is 12.0 Å². The first-order valence-electron chi connectivity index (χ1n) is 6.00. The van der Waals surface area contributed by atoms with Crippen LogP contribution in [-0.4, -0.2) is 16.2 Å². The Morgan fingerprint density at radius 3 is 2.71 bits per heavy atom. The molecule has 0 saturated heterocycles. The molecule has 0 aromatic carbocycles. The minimum Gasteiger partial charge on any atom is -0.227 e. The molecule has 94 valence electrons. The van der Waals surface area contributed by atoms with Gasteiger partial charge in [-0.25, -0.2) is 9.97 Å². The lowest BCUT2D eigenvalue weighted by molar-refractivity contribution is 0.285. The largest absolute Gasteiger partial charge is 0.227 e. The van der Waals surface area contributed by atoms with E-state index in [-0.39, 0.29) is 0 Å². The first kappa shape index (κ1) is 13.2. The molecular weight excluding hydrogens is 252 g/mol. The SMILES string of the molecule is CSc1nc(Cl)c2c(n1)CC(C)CC(C)(C)C2. The van der Waals surface area contributed by atoms with Crippen LogP contribution < -0.4 is 0 Å². The smallest absolute Gasteiger partial charge is 0.188 e. The molecule has 0 spiro atoms. The maximum absolute atomic E-state index is 6.31. The second-order valence-electron chi connectivity index (χ2n) is 5.78. The molecule has 2 rings (SSSR count). The lowest BCUT2D eigenvalue weighted by atomic mass is 9.81. The first-order chi connectivity index (χ1) is 7.91. The fraction of sp³-hybridized carbons (Fsp3) is 0.692. The maximum Gasteiger partial charge on any atom is 0.188 e. The Morgan fingerprint density at radius 2 is 2.06 bits per heavy atom. The zero-order chi connectivity index (χ0) is 12.6. The third-order valence-corrected chi connectivity index (χ3v) is 4.16. The summed E-state index contributed by atoms with van der Waals surface area (Å²) in [6, 6.07) is 0. The summed E-state index contributed by atoms with van der Waals surface area (Å²) in [5.74, 6) is 0.659. The van der Waals surface area contributed by atoms with Crippen LogP contribution in [0.2, 0.25) is 5.15 Å². The van der Waals surface area contributed by atoms with Gasteiger partial charge in [0.2, 0.25) is 0 Å². The molecule has 0 radical (unpaired) electrons. The van der Waals surface area contributed by atoms with Crippen LogP contribution in [0.25, 0.3) is 0 Å². The van der Waals surface area contributed by atoms with Crippen LogP contribution in [0.15, 0.2) is 5.16 Å². The predicted molar refractivity (Wildman–Crippen MR) is 73.8 cm³/mol. The Labute approximate surface area is 113 Å². The average molecular weight is 271 g/mol. The van der Waals surface area contributed by atoms with Gasteiger partial charge in [0.1, 0.15) is 5.15 Å². The first-order valence-corrected chi connectivity index (χ1v) is 7.61. The van der Waals surface area contributed by atoms with Crippen molar-refractivity contribution >= 4 is 23.4 Å². The van der Waals surface area contributed by atoms with E-state index in [4.69, 9.17) is 11.6 Å². The molecule has 0 saturated carbocycles. The average Bonchev–Trinajstić information content (AvgIpc) is 2.32. The molecule has 1 unspecified atom stereocenters. The molecule has 1 aromatic heterocycles. The van der Waals surface area contributed by atoms with E-state index in [0.717, 1.165) is 23.7 Å². The number of nitrogens with zero attached hydrogens (tertiary/aromatic N) is 2. The molecule has 0 N–H and O–H groups in total. The fourth-order valence-corrected chi connectivity index (χ4v) is 3.50. The zero-order valence-corrected chi connectivity index (χ0v) is 12.5. The summed E-state index contributed by atoms with van der Waals surface area (Å²) < 4.78 is 0. The molecule has 2 nitrogen and oxygen atoms in total. The van der Waals surface area contributed by atoms with Gasteiger partial charge in [-0.3, -0.25) is 0 Å². The van der Waals surface area contributed by atoms with Gasteiger partial charge in [0.05, 0.1) is 0 Å². The van der Waals surface area contributed by atoms with E-state index in [1.54, 1.807) is 11.8 Å². The van der Waals surface area contributed by atoms with Gasteiger partial charge in [-0.1, -0.05) is 44.1 Å². The Balaban J connectivity index is 2.48. The Bertz CT molecular complexity index is 432. The standard InChI is InChI=1S/C13H19ClN2S/c1-8-5-10-9(7-13(2,3)6-8)11(14)16-12(15-10)17-4/h8H,5-7H2,1-4H3. The van der Waals surface area contributed by atoms with Gasteiger partial charge >= 0.3 is 0 Å². The van der Waals surface area contributed by atoms with Gasteiger partial charge in [-0.2, -0.15) is 0 Å². The number of hydrogen-bond donors (Lipinski definition) is 0. The minimum atomic E-state index is 0.290. The van der Waals surface area contributed by atoms with Crippen LogP contribution >= 0.6 is 23.4 Å². The van der Waals surface area contributed by atoms with Crippen molar-refractivity contribution in [3.8, 4) is 0 Å². The van der Waals surface area contributed by atoms with Crippen molar-refractivity contribution in [2.24, 2.45) is 11.3 Å². The maximum atomic E-state index is 6.31. The van der Waals surface area contributed by atoms with Crippen LogP contribution in [0.1, 0.15) is 38.4 Å². The quantitative estimate of drug-likeness (QED) is 0.334. The monoisotopic (exact) mass is 270 g/mol. The third-order valence-electron chi connectivity index (χ3n) is 3.30. The van der Waals surface area contributed by atoms with E-state index >= 15 is 0 Å². The van der Waals surface area contributed by atoms with Crippen LogP contribution in [0.4, 0.5) is 0 Å². The lowest BCUT2D eigenvalue weighted by Gasteiger charge is -2.24. The van der Waals surface area contributed by atoms with E-state index in [1.807, 2.05) is 6.26 Å². The molecule has 1 aliphatic rings. The van der Waals surface area contributed by atoms with Crippen molar-refractivity contribution in [3.05, 3.63) is 16.4 Å². The summed E-state index contributed by atoms with van der Waals surface area (Å²) in [6.07, 6.45) is 5.21. The summed E-state index contributed by atoms with van der Waals surface area (Å²) >= 11 is 7.87. The molecular formula is C13H19ClN2S. The van der Waals surface area contributed by atoms with Gasteiger partial charge in [0, 0.05) is 11.3 Å². The molecule has 0 amide bonds. The number of aromatic nitrogens is 2. The molecule has 1 atom stereocenters. The van der Waals surface area contributed by atoms with Crippen molar-refractivity contribution in [3.63, 3.8) is 0 Å². The van der Waals surface area contributed by atoms with Crippen LogP contribution in [0.3, 0.4) is 0 Å². The van der Waals surface area contributed by atoms with Gasteiger partial charge in [-0.15, -0.1) is 0 Å². The highest BCUT2D eigenvalue weighted by Crippen LogP contribution is 2.38. The van der Waals surface area contributed by atoms with E-state index in [0.29, 0.717) is 16.5 Å². The molecule has 17 heavy (non-hydrogen) atoms. The van der Waals surface area contributed by atoms with Crippen molar-refractivity contribution in [2.45, 2.75) is 45.2 Å². The summed E-state index contributed by atoms with van der Waals surface area (Å²) in [4.78, 5) is 8.99. The van der Waals surface area contributed by atoms with Crippen LogP contribution in [0.5, 0.6) is 0 Å². The highest BCUT2D eigenvalue weighted by atomic mass is 35.5. The lowest BCUT2D eigenvalue weighted by Crippen LogP contribution is -2.16. The predicted octanol–water partition coefficient (Wildman–Crippen LogP) is 4.00. The number of halogens is 1. The van der Waals surface area contributed by atoms with E-state index in [9.17, 15) is 0 Å². The molecule has 0 aliphatic heterocycles. The number of rotatable bonds is 1. The Hall–Kier alpha value is -0.280. The van der Waals surface area contributed by atoms with E-state index in [2.05, 4.69) is 30.7 Å². The van der Waals surface area contributed by atoms with Crippen molar-refractivity contribution < 1.29 is 0 Å². The Morgan fingerprint density at radius 1 is 1.35 bits per heavy atom. The van der Waals surface area contributed by atoms with Gasteiger partial charge in [-0.05, 0) is 36.9 Å². The third kappa shape index (κ3) is 2.94. The van der Waals surface area contributed by atoms with Gasteiger partial charge in [0.15, 0.2) is 5.16 Å². The minimum absolute atomic E-state index is 0.290. The van der Waals surface area contributed by atoms with Crippen molar-refractivity contribution in [2.75, 3.05) is 6.26 Å². The molecule has 0 fully saturated rings. The normalized spacial score (nSPS) is 23.0. The zero-order valence-electron chi connectivity index (χ0n) is 10.9. The number of hydrogen-bond acceptors (Lipinski definition) is 3. The Kier molecular flexibility index (Phi) is 3.69. The summed E-state index contributed by atoms with van der Waals surface area (Å²) in [7, 11) is 0. The number of fused-ring (bicyclic) bond motifs is 1. The van der Waals surface area contributed by atoms with E-state index < -0.39 is 0 Å². The van der Waals surface area contributed by atoms with Crippen LogP contribution in [0, 0.1) is 11.3 Å². The highest BCUT2D eigenvalue weighted by Gasteiger charge is 2.29. The highest BCUT2D eigenvalue weighted by molar-refractivity contribution is 7.98. The van der Waals surface area contributed by atoms with Gasteiger partial charge < -0.3 is 0 Å². The summed E-state index contributed by atoms with van der Waals surface area (Å²) in [5, 5.41) is 1.45. The molecule has 1 heterocycles. The second kappa shape index (κ2) is 4.77. The van der Waals surface area contributed by atoms with Crippen molar-refractivity contribution in [1.29, 1.82) is 0 Å². The topological polar surface area (TPSA) is 25.8 Å². The fourth-order valence-electron chi connectivity index (χ4n) is 2.81. The molecule has 0 bridgehead atoms. The van der Waals surface area contributed by atoms with Gasteiger partial charge in [0.25, 0.3) is 0 Å². The summed E-state index contributed by atoms with van der Waals surface area (Å²) in [6.45, 7) is 6.90. The summed E-state index contributed by atoms with van der Waals surface area (Å²) in [5.41, 5.74) is 2.62. The molecule has 1 aromatic rings. The second-order valence-corrected chi connectivity index (χ2v) is 6.91. The molecule has 1 aliphatic carbocycles. The van der Waals surface area contributed by atoms with Crippen LogP contribution in [-0.2, 0) is 12.8 Å². The van der Waals surface area contributed by atoms with Crippen molar-refractivity contribution in [1.82, 2.24) is 9.97 Å². The number of thioether (sulfide) groups is 1.